The summed E-state index contributed by atoms with van der Waals surface area (Å²) in [6, 6.07) is 8.23. The third kappa shape index (κ3) is 4.80. The van der Waals surface area contributed by atoms with Crippen molar-refractivity contribution in [3.63, 3.8) is 0 Å². The number of fused-ring (bicyclic) bond motifs is 1. The molecule has 1 spiro atoms. The highest BCUT2D eigenvalue weighted by molar-refractivity contribution is 6.31. The van der Waals surface area contributed by atoms with E-state index in [0.717, 1.165) is 50.0 Å². The number of hydrogen-bond acceptors (Lipinski definition) is 7. The third-order valence-corrected chi connectivity index (χ3v) is 7.23. The van der Waals surface area contributed by atoms with Crippen molar-refractivity contribution in [2.75, 3.05) is 43.1 Å². The molecule has 0 amide bonds. The monoisotopic (exact) mass is 487 g/mol. The zero-order valence-corrected chi connectivity index (χ0v) is 20.3. The number of nitrogens with two attached hydrogens (primary N) is 1. The SMILES string of the molecule is CC1N=C(Nc2ccc(F)c(Cl)c2)c2cc(N)c(OCC3CCC4(CCN(C)CC4)O3)cc2N1. The molecule has 3 aliphatic heterocycles. The van der Waals surface area contributed by atoms with Gasteiger partial charge >= 0.3 is 0 Å². The van der Waals surface area contributed by atoms with E-state index in [9.17, 15) is 4.39 Å². The highest BCUT2D eigenvalue weighted by atomic mass is 35.5. The summed E-state index contributed by atoms with van der Waals surface area (Å²) in [6.45, 7) is 4.59. The van der Waals surface area contributed by atoms with Crippen molar-refractivity contribution in [2.24, 2.45) is 4.99 Å². The Morgan fingerprint density at radius 1 is 1.29 bits per heavy atom. The number of nitrogen functional groups attached to an aromatic ring is 1. The van der Waals surface area contributed by atoms with Gasteiger partial charge in [0.15, 0.2) is 0 Å². The Labute approximate surface area is 204 Å². The van der Waals surface area contributed by atoms with Crippen LogP contribution in [0.2, 0.25) is 5.02 Å². The Bertz CT molecular complexity index is 1100. The van der Waals surface area contributed by atoms with E-state index >= 15 is 0 Å². The summed E-state index contributed by atoms with van der Waals surface area (Å²) < 4.78 is 26.1. The molecule has 3 aliphatic rings. The molecule has 2 saturated heterocycles. The van der Waals surface area contributed by atoms with Gasteiger partial charge in [-0.05, 0) is 63.9 Å². The van der Waals surface area contributed by atoms with Gasteiger partial charge in [-0.1, -0.05) is 11.6 Å². The lowest BCUT2D eigenvalue weighted by Crippen LogP contribution is -2.43. The van der Waals surface area contributed by atoms with Crippen LogP contribution in [0.1, 0.15) is 38.2 Å². The maximum Gasteiger partial charge on any atom is 0.144 e. The number of nitrogens with one attached hydrogen (secondary N) is 2. The molecular weight excluding hydrogens is 457 g/mol. The van der Waals surface area contributed by atoms with E-state index in [0.29, 0.717) is 29.6 Å². The van der Waals surface area contributed by atoms with Crippen LogP contribution in [0.3, 0.4) is 0 Å². The molecule has 0 saturated carbocycles. The number of anilines is 3. The van der Waals surface area contributed by atoms with E-state index in [2.05, 4.69) is 27.6 Å². The predicted octanol–water partition coefficient (Wildman–Crippen LogP) is 4.71. The molecule has 2 aromatic rings. The average molecular weight is 488 g/mol. The van der Waals surface area contributed by atoms with Gasteiger partial charge in [-0.15, -0.1) is 0 Å². The van der Waals surface area contributed by atoms with E-state index in [4.69, 9.17) is 26.8 Å². The number of aliphatic imine (C=N–C) groups is 1. The number of piperidine rings is 1. The molecule has 0 aliphatic carbocycles. The standard InChI is InChI=1S/C25H31ClFN5O2/c1-15-29-22-13-23(33-14-17-5-6-25(34-17)7-9-32(2)10-8-25)21(28)12-18(22)24(30-15)31-16-3-4-20(27)19(26)11-16/h3-4,11-13,15,17,29H,5-10,14,28H2,1-2H3,(H,30,31). The van der Waals surface area contributed by atoms with Gasteiger partial charge in [0, 0.05) is 30.4 Å². The molecule has 182 valence electrons. The smallest absolute Gasteiger partial charge is 0.144 e. The largest absolute Gasteiger partial charge is 0.489 e. The lowest BCUT2D eigenvalue weighted by atomic mass is 9.89. The lowest BCUT2D eigenvalue weighted by molar-refractivity contribution is -0.0839. The van der Waals surface area contributed by atoms with Gasteiger partial charge in [-0.2, -0.15) is 0 Å². The molecule has 4 N–H and O–H groups in total. The molecule has 34 heavy (non-hydrogen) atoms. The predicted molar refractivity (Wildman–Crippen MR) is 135 cm³/mol. The summed E-state index contributed by atoms with van der Waals surface area (Å²) in [5, 5.41) is 6.64. The van der Waals surface area contributed by atoms with Crippen molar-refractivity contribution in [2.45, 2.75) is 50.5 Å². The van der Waals surface area contributed by atoms with Crippen LogP contribution in [0.5, 0.6) is 5.75 Å². The zero-order valence-electron chi connectivity index (χ0n) is 19.5. The molecule has 2 fully saturated rings. The summed E-state index contributed by atoms with van der Waals surface area (Å²) in [6.07, 6.45) is 4.17. The Morgan fingerprint density at radius 3 is 2.85 bits per heavy atom. The van der Waals surface area contributed by atoms with E-state index in [1.54, 1.807) is 6.07 Å². The number of rotatable bonds is 4. The molecule has 2 aromatic carbocycles. The van der Waals surface area contributed by atoms with Gasteiger partial charge in [0.05, 0.1) is 28.1 Å². The van der Waals surface area contributed by atoms with Crippen LogP contribution in [0.15, 0.2) is 35.3 Å². The van der Waals surface area contributed by atoms with Crippen LogP contribution in [-0.4, -0.2) is 55.4 Å². The van der Waals surface area contributed by atoms with Crippen molar-refractivity contribution in [1.29, 1.82) is 0 Å². The minimum absolute atomic E-state index is 0.0131. The summed E-state index contributed by atoms with van der Waals surface area (Å²) in [4.78, 5) is 7.00. The minimum atomic E-state index is -0.466. The Kier molecular flexibility index (Phi) is 6.31. The van der Waals surface area contributed by atoms with Crippen molar-refractivity contribution in [1.82, 2.24) is 4.90 Å². The molecule has 0 radical (unpaired) electrons. The fourth-order valence-electron chi connectivity index (χ4n) is 4.96. The van der Waals surface area contributed by atoms with E-state index < -0.39 is 5.82 Å². The molecule has 0 bridgehead atoms. The summed E-state index contributed by atoms with van der Waals surface area (Å²) >= 11 is 5.93. The van der Waals surface area contributed by atoms with Crippen LogP contribution in [0, 0.1) is 5.82 Å². The number of likely N-dealkylation sites (tertiary alicyclic amines) is 1. The van der Waals surface area contributed by atoms with Crippen LogP contribution >= 0.6 is 11.6 Å². The Morgan fingerprint density at radius 2 is 2.09 bits per heavy atom. The molecule has 9 heteroatoms. The first kappa shape index (κ1) is 23.2. The van der Waals surface area contributed by atoms with Crippen LogP contribution in [-0.2, 0) is 4.74 Å². The van der Waals surface area contributed by atoms with Gasteiger partial charge in [0.25, 0.3) is 0 Å². The molecule has 2 unspecified atom stereocenters. The van der Waals surface area contributed by atoms with E-state index in [-0.39, 0.29) is 22.9 Å². The maximum absolute atomic E-state index is 13.5. The molecule has 5 rings (SSSR count). The summed E-state index contributed by atoms with van der Waals surface area (Å²) in [7, 11) is 2.16. The molecule has 0 aromatic heterocycles. The number of hydrogen-bond donors (Lipinski definition) is 3. The first-order valence-electron chi connectivity index (χ1n) is 11.8. The molecule has 3 heterocycles. The van der Waals surface area contributed by atoms with Gasteiger partial charge < -0.3 is 30.7 Å². The lowest BCUT2D eigenvalue weighted by Gasteiger charge is -2.37. The van der Waals surface area contributed by atoms with E-state index in [1.165, 1.54) is 12.1 Å². The number of halogens is 2. The number of benzene rings is 2. The Hall–Kier alpha value is -2.55. The van der Waals surface area contributed by atoms with Crippen molar-refractivity contribution in [3.8, 4) is 5.75 Å². The summed E-state index contributed by atoms with van der Waals surface area (Å²) in [5.41, 5.74) is 9.21. The third-order valence-electron chi connectivity index (χ3n) is 6.94. The highest BCUT2D eigenvalue weighted by Crippen LogP contribution is 2.39. The second kappa shape index (κ2) is 9.24. The fourth-order valence-corrected chi connectivity index (χ4v) is 5.14. The van der Waals surface area contributed by atoms with E-state index in [1.807, 2.05) is 19.1 Å². The quantitative estimate of drug-likeness (QED) is 0.541. The summed E-state index contributed by atoms with van der Waals surface area (Å²) in [5.74, 6) is 0.787. The first-order valence-corrected chi connectivity index (χ1v) is 12.2. The van der Waals surface area contributed by atoms with Gasteiger partial charge in [-0.25, -0.2) is 9.38 Å². The normalized spacial score (nSPS) is 23.8. The average Bonchev–Trinajstić information content (AvgIpc) is 3.20. The fraction of sp³-hybridized carbons (Fsp3) is 0.480. The second-order valence-electron chi connectivity index (χ2n) is 9.56. The number of nitrogens with zero attached hydrogens (tertiary/aromatic N) is 2. The number of ether oxygens (including phenoxy) is 2. The van der Waals surface area contributed by atoms with Crippen LogP contribution in [0.25, 0.3) is 0 Å². The molecule has 2 atom stereocenters. The van der Waals surface area contributed by atoms with Gasteiger partial charge in [-0.3, -0.25) is 0 Å². The highest BCUT2D eigenvalue weighted by Gasteiger charge is 2.42. The first-order chi connectivity index (χ1) is 16.3. The van der Waals surface area contributed by atoms with Gasteiger partial charge in [0.1, 0.15) is 30.2 Å². The minimum Gasteiger partial charge on any atom is -0.489 e. The maximum atomic E-state index is 13.5. The van der Waals surface area contributed by atoms with Crippen molar-refractivity contribution < 1.29 is 13.9 Å². The van der Waals surface area contributed by atoms with Crippen molar-refractivity contribution in [3.05, 3.63) is 46.7 Å². The Balaban J connectivity index is 1.28. The van der Waals surface area contributed by atoms with Gasteiger partial charge in [0.2, 0.25) is 0 Å². The van der Waals surface area contributed by atoms with Crippen molar-refractivity contribution >= 4 is 34.5 Å². The number of amidine groups is 1. The van der Waals surface area contributed by atoms with Crippen LogP contribution in [0.4, 0.5) is 21.5 Å². The molecular formula is C25H31ClFN5O2. The zero-order chi connectivity index (χ0) is 23.9. The topological polar surface area (TPSA) is 84.1 Å². The molecule has 7 nitrogen and oxygen atoms in total. The van der Waals surface area contributed by atoms with Crippen LogP contribution < -0.4 is 21.1 Å². The second-order valence-corrected chi connectivity index (χ2v) is 9.97.